The van der Waals surface area contributed by atoms with Crippen molar-refractivity contribution in [1.29, 1.82) is 0 Å². The monoisotopic (exact) mass is 300 g/mol. The van der Waals surface area contributed by atoms with Crippen LogP contribution in [-0.2, 0) is 4.79 Å². The summed E-state index contributed by atoms with van der Waals surface area (Å²) in [5.41, 5.74) is 8.12. The maximum Gasteiger partial charge on any atom is 0.262 e. The molecule has 2 rings (SSSR count). The summed E-state index contributed by atoms with van der Waals surface area (Å²) in [6, 6.07) is 14.6. The van der Waals surface area contributed by atoms with E-state index in [1.165, 1.54) is 0 Å². The zero-order chi connectivity index (χ0) is 15.2. The van der Waals surface area contributed by atoms with Gasteiger partial charge in [-0.1, -0.05) is 24.4 Å². The molecule has 3 N–H and O–H groups in total. The van der Waals surface area contributed by atoms with Crippen LogP contribution in [0.15, 0.2) is 48.5 Å². The van der Waals surface area contributed by atoms with Gasteiger partial charge < -0.3 is 15.8 Å². The van der Waals surface area contributed by atoms with Crippen molar-refractivity contribution < 1.29 is 9.53 Å². The molecule has 0 radical (unpaired) electrons. The predicted molar refractivity (Wildman–Crippen MR) is 87.6 cm³/mol. The van der Waals surface area contributed by atoms with Gasteiger partial charge in [0.25, 0.3) is 5.91 Å². The van der Waals surface area contributed by atoms with Crippen molar-refractivity contribution in [2.75, 3.05) is 11.9 Å². The maximum atomic E-state index is 11.8. The number of thiocarbonyl (C=S) groups is 1. The molecule has 0 fully saturated rings. The summed E-state index contributed by atoms with van der Waals surface area (Å²) < 4.78 is 5.41. The van der Waals surface area contributed by atoms with Gasteiger partial charge in [-0.2, -0.15) is 0 Å². The molecule has 21 heavy (non-hydrogen) atoms. The first kappa shape index (κ1) is 15.0. The third kappa shape index (κ3) is 4.57. The topological polar surface area (TPSA) is 64.3 Å². The van der Waals surface area contributed by atoms with Crippen molar-refractivity contribution in [3.8, 4) is 5.75 Å². The second-order valence-electron chi connectivity index (χ2n) is 4.59. The number of carbonyl (C=O) groups excluding carboxylic acids is 1. The molecule has 0 saturated carbocycles. The molecule has 0 spiro atoms. The largest absolute Gasteiger partial charge is 0.484 e. The molecule has 108 valence electrons. The van der Waals surface area contributed by atoms with E-state index >= 15 is 0 Å². The summed E-state index contributed by atoms with van der Waals surface area (Å²) >= 11 is 4.87. The molecule has 0 aromatic heterocycles. The molecule has 0 aliphatic carbocycles. The van der Waals surface area contributed by atoms with E-state index < -0.39 is 0 Å². The fourth-order valence-corrected chi connectivity index (χ4v) is 1.92. The van der Waals surface area contributed by atoms with Crippen LogP contribution < -0.4 is 15.8 Å². The van der Waals surface area contributed by atoms with E-state index in [1.807, 2.05) is 31.2 Å². The fraction of sp³-hybridized carbons (Fsp3) is 0.125. The molecular weight excluding hydrogens is 284 g/mol. The first-order valence-electron chi connectivity index (χ1n) is 6.44. The highest BCUT2D eigenvalue weighted by Gasteiger charge is 2.04. The Labute approximate surface area is 128 Å². The van der Waals surface area contributed by atoms with Gasteiger partial charge in [-0.15, -0.1) is 0 Å². The highest BCUT2D eigenvalue weighted by Crippen LogP contribution is 2.13. The first-order valence-corrected chi connectivity index (χ1v) is 6.84. The predicted octanol–water partition coefficient (Wildman–Crippen LogP) is 2.65. The van der Waals surface area contributed by atoms with Crippen molar-refractivity contribution in [3.63, 3.8) is 0 Å². The summed E-state index contributed by atoms with van der Waals surface area (Å²) in [7, 11) is 0. The van der Waals surface area contributed by atoms with Gasteiger partial charge in [-0.05, 0) is 48.9 Å². The number of hydrogen-bond donors (Lipinski definition) is 2. The molecule has 0 aliphatic heterocycles. The van der Waals surface area contributed by atoms with E-state index in [0.29, 0.717) is 10.7 Å². The Hall–Kier alpha value is -2.40. The summed E-state index contributed by atoms with van der Waals surface area (Å²) in [6.07, 6.45) is 0. The summed E-state index contributed by atoms with van der Waals surface area (Å²) in [6.45, 7) is 1.91. The van der Waals surface area contributed by atoms with Crippen molar-refractivity contribution in [2.45, 2.75) is 6.92 Å². The van der Waals surface area contributed by atoms with Crippen LogP contribution in [0.2, 0.25) is 0 Å². The van der Waals surface area contributed by atoms with Gasteiger partial charge in [0.2, 0.25) is 0 Å². The molecule has 0 aliphatic rings. The lowest BCUT2D eigenvalue weighted by molar-refractivity contribution is -0.118. The van der Waals surface area contributed by atoms with Crippen LogP contribution in [0, 0.1) is 6.92 Å². The first-order chi connectivity index (χ1) is 10.0. The quantitative estimate of drug-likeness (QED) is 0.833. The van der Waals surface area contributed by atoms with Gasteiger partial charge in [0.1, 0.15) is 10.7 Å². The minimum absolute atomic E-state index is 0.0552. The lowest BCUT2D eigenvalue weighted by Crippen LogP contribution is -2.20. The molecule has 2 aromatic carbocycles. The molecule has 0 atom stereocenters. The average Bonchev–Trinajstić information content (AvgIpc) is 2.45. The summed E-state index contributed by atoms with van der Waals surface area (Å²) in [5.74, 6) is 0.383. The van der Waals surface area contributed by atoms with Crippen molar-refractivity contribution >= 4 is 28.8 Å². The zero-order valence-corrected chi connectivity index (χ0v) is 12.4. The Morgan fingerprint density at radius 1 is 1.24 bits per heavy atom. The molecule has 0 saturated heterocycles. The number of benzene rings is 2. The van der Waals surface area contributed by atoms with Crippen LogP contribution in [0.3, 0.4) is 0 Å². The highest BCUT2D eigenvalue weighted by molar-refractivity contribution is 7.80. The number of rotatable bonds is 5. The van der Waals surface area contributed by atoms with Crippen molar-refractivity contribution in [1.82, 2.24) is 0 Å². The van der Waals surface area contributed by atoms with E-state index in [9.17, 15) is 4.79 Å². The van der Waals surface area contributed by atoms with Crippen LogP contribution in [0.4, 0.5) is 5.69 Å². The van der Waals surface area contributed by atoms with Crippen LogP contribution in [0.1, 0.15) is 11.1 Å². The van der Waals surface area contributed by atoms with Gasteiger partial charge in [0.15, 0.2) is 6.61 Å². The Kier molecular flexibility index (Phi) is 4.90. The van der Waals surface area contributed by atoms with E-state index in [1.54, 1.807) is 24.3 Å². The zero-order valence-electron chi connectivity index (χ0n) is 11.6. The van der Waals surface area contributed by atoms with Crippen LogP contribution in [0.5, 0.6) is 5.75 Å². The second kappa shape index (κ2) is 6.85. The normalized spacial score (nSPS) is 9.95. The minimum atomic E-state index is -0.209. The van der Waals surface area contributed by atoms with Gasteiger partial charge in [0, 0.05) is 11.3 Å². The van der Waals surface area contributed by atoms with Gasteiger partial charge in [-0.25, -0.2) is 0 Å². The Bertz CT molecular complexity index is 654. The molecule has 4 nitrogen and oxygen atoms in total. The summed E-state index contributed by atoms with van der Waals surface area (Å²) in [5, 5.41) is 2.78. The number of nitrogens with one attached hydrogen (secondary N) is 1. The van der Waals surface area contributed by atoms with E-state index in [-0.39, 0.29) is 12.5 Å². The van der Waals surface area contributed by atoms with E-state index in [2.05, 4.69) is 5.32 Å². The number of ether oxygens (including phenoxy) is 1. The van der Waals surface area contributed by atoms with Crippen molar-refractivity contribution in [2.24, 2.45) is 5.73 Å². The lowest BCUT2D eigenvalue weighted by atomic mass is 10.2. The van der Waals surface area contributed by atoms with E-state index in [4.69, 9.17) is 22.7 Å². The Balaban J connectivity index is 1.87. The van der Waals surface area contributed by atoms with Crippen LogP contribution in [0.25, 0.3) is 0 Å². The van der Waals surface area contributed by atoms with Gasteiger partial charge >= 0.3 is 0 Å². The number of anilines is 1. The SMILES string of the molecule is Cc1cccc(NC(=O)COc2ccc(C(N)=S)cc2)c1. The number of amides is 1. The number of nitrogens with two attached hydrogens (primary N) is 1. The third-order valence-corrected chi connectivity index (χ3v) is 3.05. The minimum Gasteiger partial charge on any atom is -0.484 e. The molecule has 1 amide bonds. The van der Waals surface area contributed by atoms with Crippen molar-refractivity contribution in [3.05, 3.63) is 59.7 Å². The second-order valence-corrected chi connectivity index (χ2v) is 5.03. The van der Waals surface area contributed by atoms with Crippen LogP contribution >= 0.6 is 12.2 Å². The number of hydrogen-bond acceptors (Lipinski definition) is 3. The molecule has 2 aromatic rings. The molecular formula is C16H16N2O2S. The Morgan fingerprint density at radius 2 is 1.95 bits per heavy atom. The molecule has 0 bridgehead atoms. The Morgan fingerprint density at radius 3 is 2.57 bits per heavy atom. The van der Waals surface area contributed by atoms with E-state index in [0.717, 1.165) is 16.8 Å². The third-order valence-electron chi connectivity index (χ3n) is 2.81. The smallest absolute Gasteiger partial charge is 0.262 e. The van der Waals surface area contributed by atoms with Gasteiger partial charge in [0.05, 0.1) is 0 Å². The number of aryl methyl sites for hydroxylation is 1. The highest BCUT2D eigenvalue weighted by atomic mass is 32.1. The van der Waals surface area contributed by atoms with Gasteiger partial charge in [-0.3, -0.25) is 4.79 Å². The average molecular weight is 300 g/mol. The molecule has 0 unspecified atom stereocenters. The summed E-state index contributed by atoms with van der Waals surface area (Å²) in [4.78, 5) is 12.1. The fourth-order valence-electron chi connectivity index (χ4n) is 1.78. The molecule has 0 heterocycles. The molecule has 5 heteroatoms. The maximum absolute atomic E-state index is 11.8. The standard InChI is InChI=1S/C16H16N2O2S/c1-11-3-2-4-13(9-11)18-15(19)10-20-14-7-5-12(6-8-14)16(17)21/h2-9H,10H2,1H3,(H2,17,21)(H,18,19). The lowest BCUT2D eigenvalue weighted by Gasteiger charge is -2.08. The van der Waals surface area contributed by atoms with Crippen LogP contribution in [-0.4, -0.2) is 17.5 Å². The number of carbonyl (C=O) groups is 1.